The zero-order valence-corrected chi connectivity index (χ0v) is 16.2. The molecule has 0 saturated heterocycles. The van der Waals surface area contributed by atoms with Crippen molar-refractivity contribution < 1.29 is 32.6 Å². The molecule has 2 aromatic rings. The Morgan fingerprint density at radius 1 is 1.21 bits per heavy atom. The molecule has 0 radical (unpaired) electrons. The Labute approximate surface area is 168 Å². The SMILES string of the molecule is COc1cccc(NC(=O)COC(=O)/C=C/c2cc(Br)ccc2OC(F)F)c1. The zero-order valence-electron chi connectivity index (χ0n) is 14.7. The molecule has 0 aliphatic carbocycles. The quantitative estimate of drug-likeness (QED) is 0.475. The Morgan fingerprint density at radius 3 is 2.71 bits per heavy atom. The van der Waals surface area contributed by atoms with Crippen molar-refractivity contribution in [1.29, 1.82) is 0 Å². The molecule has 0 heterocycles. The fourth-order valence-electron chi connectivity index (χ4n) is 2.09. The third kappa shape index (κ3) is 6.99. The number of rotatable bonds is 8. The van der Waals surface area contributed by atoms with E-state index in [9.17, 15) is 18.4 Å². The standard InChI is InChI=1S/C19H16BrF2NO5/c1-26-15-4-2-3-14(10-15)23-17(24)11-27-18(25)8-5-12-9-13(20)6-7-16(12)28-19(21)22/h2-10,19H,11H2,1H3,(H,23,24)/b8-5+. The average molecular weight is 456 g/mol. The number of ether oxygens (including phenoxy) is 3. The van der Waals surface area contributed by atoms with Crippen molar-refractivity contribution in [2.24, 2.45) is 0 Å². The molecule has 0 fully saturated rings. The largest absolute Gasteiger partial charge is 0.497 e. The summed E-state index contributed by atoms with van der Waals surface area (Å²) in [5.74, 6) is -0.894. The summed E-state index contributed by atoms with van der Waals surface area (Å²) in [5, 5.41) is 2.55. The lowest BCUT2D eigenvalue weighted by Crippen LogP contribution is -2.20. The number of anilines is 1. The molecule has 9 heteroatoms. The summed E-state index contributed by atoms with van der Waals surface area (Å²) in [6, 6.07) is 11.0. The average Bonchev–Trinajstić information content (AvgIpc) is 2.66. The Balaban J connectivity index is 1.91. The zero-order chi connectivity index (χ0) is 20.5. The molecule has 0 unspecified atom stereocenters. The number of nitrogens with one attached hydrogen (secondary N) is 1. The van der Waals surface area contributed by atoms with Crippen molar-refractivity contribution in [1.82, 2.24) is 0 Å². The summed E-state index contributed by atoms with van der Waals surface area (Å²) in [6.07, 6.45) is 2.27. The Hall–Kier alpha value is -2.94. The Bertz CT molecular complexity index is 873. The highest BCUT2D eigenvalue weighted by Crippen LogP contribution is 2.26. The van der Waals surface area contributed by atoms with Crippen molar-refractivity contribution in [2.45, 2.75) is 6.61 Å². The van der Waals surface area contributed by atoms with Crippen molar-refractivity contribution >= 4 is 39.6 Å². The molecule has 2 aromatic carbocycles. The van der Waals surface area contributed by atoms with Crippen LogP contribution in [0.25, 0.3) is 6.08 Å². The van der Waals surface area contributed by atoms with Crippen LogP contribution in [-0.2, 0) is 14.3 Å². The van der Waals surface area contributed by atoms with E-state index < -0.39 is 25.1 Å². The number of carbonyl (C=O) groups is 2. The molecule has 0 saturated carbocycles. The van der Waals surface area contributed by atoms with Crippen LogP contribution in [0.3, 0.4) is 0 Å². The lowest BCUT2D eigenvalue weighted by molar-refractivity contribution is -0.142. The third-order valence-electron chi connectivity index (χ3n) is 3.29. The van der Waals surface area contributed by atoms with E-state index in [1.54, 1.807) is 24.3 Å². The van der Waals surface area contributed by atoms with E-state index in [-0.39, 0.29) is 11.3 Å². The number of hydrogen-bond donors (Lipinski definition) is 1. The lowest BCUT2D eigenvalue weighted by Gasteiger charge is -2.08. The van der Waals surface area contributed by atoms with Crippen molar-refractivity contribution in [3.05, 3.63) is 58.6 Å². The highest BCUT2D eigenvalue weighted by molar-refractivity contribution is 9.10. The maximum atomic E-state index is 12.4. The van der Waals surface area contributed by atoms with Crippen molar-refractivity contribution in [3.8, 4) is 11.5 Å². The maximum Gasteiger partial charge on any atom is 0.387 e. The van der Waals surface area contributed by atoms with Crippen LogP contribution in [0.2, 0.25) is 0 Å². The summed E-state index contributed by atoms with van der Waals surface area (Å²) in [6.45, 7) is -3.51. The molecule has 1 amide bonds. The lowest BCUT2D eigenvalue weighted by atomic mass is 10.2. The normalized spacial score (nSPS) is 10.8. The van der Waals surface area contributed by atoms with Gasteiger partial charge in [-0.15, -0.1) is 0 Å². The Kier molecular flexibility index (Phi) is 7.94. The van der Waals surface area contributed by atoms with E-state index in [0.29, 0.717) is 15.9 Å². The minimum Gasteiger partial charge on any atom is -0.497 e. The van der Waals surface area contributed by atoms with E-state index in [1.807, 2.05) is 0 Å². The Morgan fingerprint density at radius 2 is 2.00 bits per heavy atom. The van der Waals surface area contributed by atoms with Crippen LogP contribution in [0.4, 0.5) is 14.5 Å². The summed E-state index contributed by atoms with van der Waals surface area (Å²) in [5.41, 5.74) is 0.728. The first-order chi connectivity index (χ1) is 13.4. The molecule has 0 aromatic heterocycles. The van der Waals surface area contributed by atoms with E-state index in [2.05, 4.69) is 26.0 Å². The fraction of sp³-hybridized carbons (Fsp3) is 0.158. The van der Waals surface area contributed by atoms with Gasteiger partial charge >= 0.3 is 12.6 Å². The van der Waals surface area contributed by atoms with Crippen LogP contribution in [0.5, 0.6) is 11.5 Å². The molecule has 0 atom stereocenters. The second-order valence-electron chi connectivity index (χ2n) is 5.28. The van der Waals surface area contributed by atoms with Crippen LogP contribution in [-0.4, -0.2) is 32.2 Å². The van der Waals surface area contributed by atoms with Gasteiger partial charge in [-0.1, -0.05) is 22.0 Å². The molecular weight excluding hydrogens is 440 g/mol. The van der Waals surface area contributed by atoms with Gasteiger partial charge in [-0.05, 0) is 36.4 Å². The van der Waals surface area contributed by atoms with Gasteiger partial charge in [0.25, 0.3) is 5.91 Å². The van der Waals surface area contributed by atoms with Gasteiger partial charge in [-0.3, -0.25) is 4.79 Å². The first-order valence-electron chi connectivity index (χ1n) is 7.90. The highest BCUT2D eigenvalue weighted by Gasteiger charge is 2.10. The molecule has 0 aliphatic rings. The first kappa shape index (κ1) is 21.4. The number of esters is 1. The number of benzene rings is 2. The minimum absolute atomic E-state index is 0.0991. The molecular formula is C19H16BrF2NO5. The summed E-state index contributed by atoms with van der Waals surface area (Å²) in [7, 11) is 1.50. The van der Waals surface area contributed by atoms with Gasteiger partial charge in [-0.25, -0.2) is 4.79 Å². The van der Waals surface area contributed by atoms with Gasteiger partial charge < -0.3 is 19.5 Å². The molecule has 1 N–H and O–H groups in total. The van der Waals surface area contributed by atoms with Gasteiger partial charge in [0, 0.05) is 27.9 Å². The summed E-state index contributed by atoms with van der Waals surface area (Å²) < 4.78 is 39.7. The topological polar surface area (TPSA) is 73.9 Å². The number of amides is 1. The van der Waals surface area contributed by atoms with E-state index >= 15 is 0 Å². The van der Waals surface area contributed by atoms with E-state index in [1.165, 1.54) is 31.4 Å². The van der Waals surface area contributed by atoms with Crippen LogP contribution in [0.15, 0.2) is 53.0 Å². The van der Waals surface area contributed by atoms with Crippen molar-refractivity contribution in [2.75, 3.05) is 19.0 Å². The molecule has 0 spiro atoms. The summed E-state index contributed by atoms with van der Waals surface area (Å²) >= 11 is 3.21. The van der Waals surface area contributed by atoms with Gasteiger partial charge in [0.2, 0.25) is 0 Å². The maximum absolute atomic E-state index is 12.4. The monoisotopic (exact) mass is 455 g/mol. The highest BCUT2D eigenvalue weighted by atomic mass is 79.9. The smallest absolute Gasteiger partial charge is 0.387 e. The fourth-order valence-corrected chi connectivity index (χ4v) is 2.47. The molecule has 2 rings (SSSR count). The van der Waals surface area contributed by atoms with Gasteiger partial charge in [0.1, 0.15) is 11.5 Å². The predicted molar refractivity (Wildman–Crippen MR) is 102 cm³/mol. The van der Waals surface area contributed by atoms with Crippen LogP contribution >= 0.6 is 15.9 Å². The first-order valence-corrected chi connectivity index (χ1v) is 8.70. The van der Waals surface area contributed by atoms with Crippen LogP contribution in [0, 0.1) is 0 Å². The second-order valence-corrected chi connectivity index (χ2v) is 6.20. The molecule has 28 heavy (non-hydrogen) atoms. The number of carbonyl (C=O) groups excluding carboxylic acids is 2. The molecule has 6 nitrogen and oxygen atoms in total. The molecule has 148 valence electrons. The molecule has 0 bridgehead atoms. The van der Waals surface area contributed by atoms with Crippen molar-refractivity contribution in [3.63, 3.8) is 0 Å². The van der Waals surface area contributed by atoms with Gasteiger partial charge in [0.15, 0.2) is 6.61 Å². The van der Waals surface area contributed by atoms with Gasteiger partial charge in [0.05, 0.1) is 7.11 Å². The minimum atomic E-state index is -3.00. The molecule has 0 aliphatic heterocycles. The number of methoxy groups -OCH3 is 1. The second kappa shape index (κ2) is 10.4. The van der Waals surface area contributed by atoms with E-state index in [0.717, 1.165) is 6.08 Å². The predicted octanol–water partition coefficient (Wildman–Crippen LogP) is 4.25. The summed E-state index contributed by atoms with van der Waals surface area (Å²) in [4.78, 5) is 23.6. The number of alkyl halides is 2. The van der Waals surface area contributed by atoms with E-state index in [4.69, 9.17) is 9.47 Å². The number of hydrogen-bond acceptors (Lipinski definition) is 5. The van der Waals surface area contributed by atoms with Gasteiger partial charge in [-0.2, -0.15) is 8.78 Å². The van der Waals surface area contributed by atoms with Crippen LogP contribution < -0.4 is 14.8 Å². The van der Waals surface area contributed by atoms with Crippen LogP contribution in [0.1, 0.15) is 5.56 Å². The number of halogens is 3. The third-order valence-corrected chi connectivity index (χ3v) is 3.78.